The summed E-state index contributed by atoms with van der Waals surface area (Å²) in [5.41, 5.74) is -2.18. The van der Waals surface area contributed by atoms with E-state index < -0.39 is 35.5 Å². The molecule has 2 aliphatic heterocycles. The summed E-state index contributed by atoms with van der Waals surface area (Å²) in [4.78, 5) is 39.7. The Morgan fingerprint density at radius 2 is 1.91 bits per heavy atom. The lowest BCUT2D eigenvalue weighted by Crippen LogP contribution is -2.61. The van der Waals surface area contributed by atoms with Crippen molar-refractivity contribution in [2.45, 2.75) is 45.2 Å². The molecule has 2 atom stereocenters. The molecule has 0 unspecified atom stereocenters. The largest absolute Gasteiger partial charge is 0.442 e. The van der Waals surface area contributed by atoms with Crippen LogP contribution in [0.5, 0.6) is 0 Å². The highest BCUT2D eigenvalue weighted by Gasteiger charge is 2.64. The molecule has 1 fully saturated rings. The molecule has 2 aliphatic rings. The van der Waals surface area contributed by atoms with E-state index in [1.54, 1.807) is 34.9 Å². The summed E-state index contributed by atoms with van der Waals surface area (Å²) < 4.78 is 10.9. The van der Waals surface area contributed by atoms with E-state index in [0.717, 1.165) is 5.01 Å². The Hall–Kier alpha value is -2.16. The molecule has 9 nitrogen and oxygen atoms in total. The zero-order valence-electron chi connectivity index (χ0n) is 14.4. The molecule has 0 N–H and O–H groups in total. The number of carbonyl (C=O) groups excluding carboxylic acids is 3. The molecule has 2 bridgehead atoms. The average molecular weight is 326 g/mol. The number of hydrazone groups is 1. The summed E-state index contributed by atoms with van der Waals surface area (Å²) in [7, 11) is 4.56. The second-order valence-corrected chi connectivity index (χ2v) is 6.72. The number of likely N-dealkylation sites (N-methyl/N-ethyl adjacent to an activating group) is 2. The van der Waals surface area contributed by atoms with Gasteiger partial charge in [0.15, 0.2) is 0 Å². The minimum absolute atomic E-state index is 0.187. The van der Waals surface area contributed by atoms with Crippen LogP contribution in [0.4, 0.5) is 4.79 Å². The van der Waals surface area contributed by atoms with E-state index >= 15 is 0 Å². The van der Waals surface area contributed by atoms with E-state index in [9.17, 15) is 14.4 Å². The number of carbonyl (C=O) groups is 3. The normalized spacial score (nSPS) is 27.0. The summed E-state index contributed by atoms with van der Waals surface area (Å²) >= 11 is 0. The van der Waals surface area contributed by atoms with Crippen LogP contribution < -0.4 is 0 Å². The van der Waals surface area contributed by atoms with Gasteiger partial charge in [-0.15, -0.1) is 0 Å². The first kappa shape index (κ1) is 17.2. The molecule has 0 aromatic rings. The Bertz CT molecular complexity index is 594. The fraction of sp³-hybridized carbons (Fsp3) is 0.714. The second kappa shape index (κ2) is 5.19. The van der Waals surface area contributed by atoms with Crippen LogP contribution in [0, 0.1) is 0 Å². The van der Waals surface area contributed by atoms with Gasteiger partial charge in [-0.3, -0.25) is 9.59 Å². The van der Waals surface area contributed by atoms with Gasteiger partial charge in [0.2, 0.25) is 6.23 Å². The van der Waals surface area contributed by atoms with Crippen LogP contribution >= 0.6 is 0 Å². The Labute approximate surface area is 134 Å². The number of rotatable bonds is 1. The van der Waals surface area contributed by atoms with Crippen molar-refractivity contribution in [2.24, 2.45) is 5.10 Å². The molecular formula is C14H22N4O5. The van der Waals surface area contributed by atoms with Crippen molar-refractivity contribution in [1.82, 2.24) is 14.8 Å². The Morgan fingerprint density at radius 1 is 1.35 bits per heavy atom. The van der Waals surface area contributed by atoms with Gasteiger partial charge in [-0.25, -0.2) is 4.79 Å². The number of fused-ring (bicyclic) bond motifs is 2. The maximum absolute atomic E-state index is 12.5. The molecular weight excluding hydrogens is 304 g/mol. The van der Waals surface area contributed by atoms with Gasteiger partial charge in [-0.05, 0) is 27.7 Å². The van der Waals surface area contributed by atoms with Gasteiger partial charge in [-0.1, -0.05) is 0 Å². The van der Waals surface area contributed by atoms with Crippen LogP contribution in [-0.4, -0.2) is 77.1 Å². The number of ether oxygens (including phenoxy) is 2. The van der Waals surface area contributed by atoms with Crippen molar-refractivity contribution < 1.29 is 23.9 Å². The number of amides is 3. The highest BCUT2D eigenvalue weighted by molar-refractivity contribution is 6.15. The molecule has 128 valence electrons. The lowest BCUT2D eigenvalue weighted by atomic mass is 10.1. The molecule has 1 saturated heterocycles. The van der Waals surface area contributed by atoms with Gasteiger partial charge in [0.05, 0.1) is 5.71 Å². The molecule has 23 heavy (non-hydrogen) atoms. The Morgan fingerprint density at radius 3 is 2.39 bits per heavy atom. The second-order valence-electron chi connectivity index (χ2n) is 6.72. The number of hydrogen-bond acceptors (Lipinski definition) is 6. The summed E-state index contributed by atoms with van der Waals surface area (Å²) in [6.07, 6.45) is -2.13. The van der Waals surface area contributed by atoms with E-state index in [1.807, 2.05) is 0 Å². The fourth-order valence-electron chi connectivity index (χ4n) is 2.47. The lowest BCUT2D eigenvalue weighted by Gasteiger charge is -2.37. The maximum Gasteiger partial charge on any atom is 0.433 e. The van der Waals surface area contributed by atoms with Crippen molar-refractivity contribution in [3.63, 3.8) is 0 Å². The SMILES string of the molecule is CC1=NN(C(=O)OC(C)(C)C)[C@H]2O[C@]1(C(=O)N(C)C)N(C)C2=O. The van der Waals surface area contributed by atoms with Crippen LogP contribution in [0.3, 0.4) is 0 Å². The van der Waals surface area contributed by atoms with Gasteiger partial charge in [0.1, 0.15) is 5.60 Å². The van der Waals surface area contributed by atoms with Gasteiger partial charge >= 0.3 is 6.09 Å². The van der Waals surface area contributed by atoms with E-state index in [4.69, 9.17) is 9.47 Å². The van der Waals surface area contributed by atoms with E-state index in [2.05, 4.69) is 5.10 Å². The van der Waals surface area contributed by atoms with Crippen LogP contribution in [0.1, 0.15) is 27.7 Å². The topological polar surface area (TPSA) is 91.8 Å². The van der Waals surface area contributed by atoms with E-state index in [1.165, 1.54) is 23.8 Å². The first-order valence-corrected chi connectivity index (χ1v) is 7.17. The summed E-state index contributed by atoms with van der Waals surface area (Å²) in [6.45, 7) is 6.64. The summed E-state index contributed by atoms with van der Waals surface area (Å²) in [6, 6.07) is 0. The minimum Gasteiger partial charge on any atom is -0.442 e. The van der Waals surface area contributed by atoms with E-state index in [-0.39, 0.29) is 5.71 Å². The Balaban J connectivity index is 2.43. The first-order chi connectivity index (χ1) is 10.4. The van der Waals surface area contributed by atoms with Crippen LogP contribution in [0.25, 0.3) is 0 Å². The van der Waals surface area contributed by atoms with Crippen molar-refractivity contribution >= 4 is 23.6 Å². The average Bonchev–Trinajstić information content (AvgIpc) is 2.64. The molecule has 2 rings (SSSR count). The minimum atomic E-state index is -1.62. The zero-order valence-corrected chi connectivity index (χ0v) is 14.4. The van der Waals surface area contributed by atoms with Crippen LogP contribution in [0.15, 0.2) is 5.10 Å². The predicted molar refractivity (Wildman–Crippen MR) is 80.3 cm³/mol. The molecule has 0 saturated carbocycles. The maximum atomic E-state index is 12.5. The molecule has 0 aliphatic carbocycles. The molecule has 0 spiro atoms. The van der Waals surface area contributed by atoms with Crippen molar-refractivity contribution in [1.29, 1.82) is 0 Å². The molecule has 9 heteroatoms. The summed E-state index contributed by atoms with van der Waals surface area (Å²) in [5.74, 6) is -0.979. The fourth-order valence-corrected chi connectivity index (χ4v) is 2.47. The van der Waals surface area contributed by atoms with Crippen LogP contribution in [-0.2, 0) is 19.1 Å². The smallest absolute Gasteiger partial charge is 0.433 e. The number of hydrogen-bond donors (Lipinski definition) is 0. The predicted octanol–water partition coefficient (Wildman–Crippen LogP) is 0.212. The molecule has 2 heterocycles. The van der Waals surface area contributed by atoms with Gasteiger partial charge in [-0.2, -0.15) is 10.1 Å². The highest BCUT2D eigenvalue weighted by Crippen LogP contribution is 2.36. The molecule has 3 amide bonds. The Kier molecular flexibility index (Phi) is 3.88. The monoisotopic (exact) mass is 326 g/mol. The quantitative estimate of drug-likeness (QED) is 0.687. The van der Waals surface area contributed by atoms with E-state index in [0.29, 0.717) is 0 Å². The van der Waals surface area contributed by atoms with Crippen LogP contribution in [0.2, 0.25) is 0 Å². The van der Waals surface area contributed by atoms with Gasteiger partial charge < -0.3 is 19.3 Å². The first-order valence-electron chi connectivity index (χ1n) is 7.17. The van der Waals surface area contributed by atoms with Crippen molar-refractivity contribution in [2.75, 3.05) is 21.1 Å². The third-order valence-electron chi connectivity index (χ3n) is 3.54. The van der Waals surface area contributed by atoms with Crippen molar-refractivity contribution in [3.8, 4) is 0 Å². The number of nitrogens with zero attached hydrogens (tertiary/aromatic N) is 4. The highest BCUT2D eigenvalue weighted by atomic mass is 16.6. The van der Waals surface area contributed by atoms with Gasteiger partial charge in [0.25, 0.3) is 17.5 Å². The molecule has 0 aromatic heterocycles. The third kappa shape index (κ3) is 2.54. The third-order valence-corrected chi connectivity index (χ3v) is 3.54. The zero-order chi connectivity index (χ0) is 17.7. The summed E-state index contributed by atoms with van der Waals surface area (Å²) in [5, 5.41) is 4.95. The van der Waals surface area contributed by atoms with Crippen molar-refractivity contribution in [3.05, 3.63) is 0 Å². The van der Waals surface area contributed by atoms with Gasteiger partial charge in [0, 0.05) is 21.1 Å². The molecule has 0 aromatic carbocycles. The standard InChI is InChI=1S/C14H22N4O5/c1-8-14(11(20)16(5)6)17(7)9(19)10(22-14)18(15-8)12(21)23-13(2,3)4/h10H,1-7H3/t10-,14+/m0/s1. The lowest BCUT2D eigenvalue weighted by molar-refractivity contribution is -0.165. The molecule has 0 radical (unpaired) electrons.